The van der Waals surface area contributed by atoms with Gasteiger partial charge in [0.2, 0.25) is 0 Å². The number of H-pyrrole nitrogens is 1. The number of ether oxygens (including phenoxy) is 1. The molecule has 0 saturated carbocycles. The Morgan fingerprint density at radius 3 is 2.93 bits per heavy atom. The van der Waals surface area contributed by atoms with Gasteiger partial charge in [-0.25, -0.2) is 4.98 Å². The first-order valence-corrected chi connectivity index (χ1v) is 10.7. The van der Waals surface area contributed by atoms with E-state index in [0.29, 0.717) is 25.7 Å². The maximum atomic E-state index is 9.03. The van der Waals surface area contributed by atoms with Crippen molar-refractivity contribution in [1.82, 2.24) is 15.0 Å². The zero-order valence-electron chi connectivity index (χ0n) is 16.1. The predicted octanol–water partition coefficient (Wildman–Crippen LogP) is 3.55. The number of para-hydroxylation sites is 1. The third-order valence-electron chi connectivity index (χ3n) is 4.64. The number of thioether (sulfide) groups is 1. The number of aliphatic hydroxyl groups excluding tert-OH is 1. The fraction of sp³-hybridized carbons (Fsp3) is 0.400. The zero-order valence-corrected chi connectivity index (χ0v) is 16.9. The zero-order chi connectivity index (χ0) is 19.9. The van der Waals surface area contributed by atoms with Gasteiger partial charge in [0.15, 0.2) is 0 Å². The summed E-state index contributed by atoms with van der Waals surface area (Å²) in [4.78, 5) is 14.6. The molecule has 0 spiro atoms. The number of benzene rings is 1. The Labute approximate surface area is 173 Å². The van der Waals surface area contributed by atoms with E-state index in [1.807, 2.05) is 30.5 Å². The lowest BCUT2D eigenvalue weighted by Gasteiger charge is -2.27. The first kappa shape index (κ1) is 19.8. The Kier molecular flexibility index (Phi) is 6.71. The molecular weight excluding hydrogens is 388 g/mol. The van der Waals surface area contributed by atoms with Gasteiger partial charge >= 0.3 is 0 Å². The van der Waals surface area contributed by atoms with Crippen molar-refractivity contribution in [3.05, 3.63) is 42.1 Å². The minimum atomic E-state index is 0.172. The highest BCUT2D eigenvalue weighted by atomic mass is 32.2. The molecule has 1 fully saturated rings. The Morgan fingerprint density at radius 1 is 1.21 bits per heavy atom. The fourth-order valence-electron chi connectivity index (χ4n) is 3.15. The highest BCUT2D eigenvalue weighted by Crippen LogP contribution is 2.25. The molecule has 152 valence electrons. The largest absolute Gasteiger partial charge is 0.396 e. The van der Waals surface area contributed by atoms with E-state index < -0.39 is 0 Å². The number of rotatable bonds is 8. The van der Waals surface area contributed by atoms with Crippen molar-refractivity contribution in [1.29, 1.82) is 0 Å². The van der Waals surface area contributed by atoms with Crippen LogP contribution in [-0.4, -0.2) is 58.7 Å². The number of azo groups is 1. The van der Waals surface area contributed by atoms with Crippen LogP contribution in [0.25, 0.3) is 10.9 Å². The molecule has 0 aliphatic carbocycles. The van der Waals surface area contributed by atoms with Gasteiger partial charge in [-0.05, 0) is 12.5 Å². The van der Waals surface area contributed by atoms with Crippen molar-refractivity contribution in [3.63, 3.8) is 0 Å². The van der Waals surface area contributed by atoms with E-state index in [1.54, 1.807) is 11.8 Å². The Bertz CT molecular complexity index is 971. The SMILES string of the molecule is OCCCSc1cc(N2CCOCC2)nc(N=NCc2c[nH]c3ccccc23)n1. The summed E-state index contributed by atoms with van der Waals surface area (Å²) in [6.07, 6.45) is 2.68. The van der Waals surface area contributed by atoms with Crippen molar-refractivity contribution in [2.75, 3.05) is 43.6 Å². The molecule has 8 nitrogen and oxygen atoms in total. The highest BCUT2D eigenvalue weighted by molar-refractivity contribution is 7.99. The van der Waals surface area contributed by atoms with Crippen LogP contribution < -0.4 is 4.90 Å². The fourth-order valence-corrected chi connectivity index (χ4v) is 3.97. The molecule has 1 aliphatic heterocycles. The summed E-state index contributed by atoms with van der Waals surface area (Å²) in [7, 11) is 0. The highest BCUT2D eigenvalue weighted by Gasteiger charge is 2.15. The smallest absolute Gasteiger partial charge is 0.271 e. The first-order valence-electron chi connectivity index (χ1n) is 9.71. The molecule has 2 N–H and O–H groups in total. The maximum absolute atomic E-state index is 9.03. The number of hydrogen-bond donors (Lipinski definition) is 2. The number of anilines is 1. The molecule has 0 radical (unpaired) electrons. The van der Waals surface area contributed by atoms with E-state index >= 15 is 0 Å². The Morgan fingerprint density at radius 2 is 2.07 bits per heavy atom. The second kappa shape index (κ2) is 9.82. The van der Waals surface area contributed by atoms with Crippen molar-refractivity contribution in [2.24, 2.45) is 10.2 Å². The predicted molar refractivity (Wildman–Crippen MR) is 114 cm³/mol. The average molecular weight is 413 g/mol. The molecule has 29 heavy (non-hydrogen) atoms. The number of hydrogen-bond acceptors (Lipinski definition) is 8. The summed E-state index contributed by atoms with van der Waals surface area (Å²) in [6.45, 7) is 3.60. The average Bonchev–Trinajstić information content (AvgIpc) is 3.18. The van der Waals surface area contributed by atoms with E-state index in [4.69, 9.17) is 9.84 Å². The number of nitrogens with one attached hydrogen (secondary N) is 1. The normalized spacial score (nSPS) is 14.9. The molecule has 9 heteroatoms. The molecule has 1 aromatic carbocycles. The summed E-state index contributed by atoms with van der Waals surface area (Å²) in [5.41, 5.74) is 2.18. The minimum Gasteiger partial charge on any atom is -0.396 e. The molecule has 4 rings (SSSR count). The Hall–Kier alpha value is -2.49. The number of morpholine rings is 1. The summed E-state index contributed by atoms with van der Waals surface area (Å²) in [6, 6.07) is 10.1. The van der Waals surface area contributed by atoms with Crippen molar-refractivity contribution in [3.8, 4) is 0 Å². The van der Waals surface area contributed by atoms with Crippen LogP contribution in [0.15, 0.2) is 51.8 Å². The van der Waals surface area contributed by atoms with Crippen molar-refractivity contribution in [2.45, 2.75) is 18.0 Å². The molecule has 1 saturated heterocycles. The van der Waals surface area contributed by atoms with Gasteiger partial charge < -0.3 is 19.7 Å². The lowest BCUT2D eigenvalue weighted by atomic mass is 10.2. The van der Waals surface area contributed by atoms with Gasteiger partial charge in [-0.15, -0.1) is 16.9 Å². The molecule has 3 aromatic rings. The summed E-state index contributed by atoms with van der Waals surface area (Å²) >= 11 is 1.59. The van der Waals surface area contributed by atoms with Gasteiger partial charge in [0.05, 0.1) is 19.8 Å². The molecule has 0 atom stereocenters. The second-order valence-corrected chi connectivity index (χ2v) is 7.76. The van der Waals surface area contributed by atoms with Crippen molar-refractivity contribution >= 4 is 34.4 Å². The van der Waals surface area contributed by atoms with Crippen LogP contribution >= 0.6 is 11.8 Å². The Balaban J connectivity index is 1.52. The molecular formula is C20H24N6O2S. The standard InChI is InChI=1S/C20H24N6O2S/c27-8-3-11-29-19-12-18(26-6-9-28-10-7-26)23-20(24-19)25-22-14-15-13-21-17-5-2-1-4-16(15)17/h1-2,4-5,12-13,21,27H,3,6-11,14H2. The lowest BCUT2D eigenvalue weighted by Crippen LogP contribution is -2.36. The summed E-state index contributed by atoms with van der Waals surface area (Å²) < 4.78 is 5.44. The third-order valence-corrected chi connectivity index (χ3v) is 5.64. The minimum absolute atomic E-state index is 0.172. The number of nitrogens with zero attached hydrogens (tertiary/aromatic N) is 5. The number of fused-ring (bicyclic) bond motifs is 1. The van der Waals surface area contributed by atoms with Crippen LogP contribution in [-0.2, 0) is 11.3 Å². The van der Waals surface area contributed by atoms with Crippen LogP contribution in [0.2, 0.25) is 0 Å². The van der Waals surface area contributed by atoms with Crippen LogP contribution in [0.1, 0.15) is 12.0 Å². The van der Waals surface area contributed by atoms with Gasteiger partial charge in [-0.3, -0.25) is 0 Å². The monoisotopic (exact) mass is 412 g/mol. The second-order valence-electron chi connectivity index (χ2n) is 6.65. The molecule has 0 unspecified atom stereocenters. The van der Waals surface area contributed by atoms with Crippen LogP contribution in [0.5, 0.6) is 0 Å². The molecule has 0 bridgehead atoms. The number of aromatic amines is 1. The van der Waals surface area contributed by atoms with Crippen LogP contribution in [0.4, 0.5) is 11.8 Å². The van der Waals surface area contributed by atoms with Gasteiger partial charge in [-0.1, -0.05) is 18.2 Å². The molecule has 0 amide bonds. The van der Waals surface area contributed by atoms with Gasteiger partial charge in [0.25, 0.3) is 5.95 Å². The van der Waals surface area contributed by atoms with Crippen LogP contribution in [0, 0.1) is 0 Å². The molecule has 2 aromatic heterocycles. The quantitative estimate of drug-likeness (QED) is 0.254. The van der Waals surface area contributed by atoms with E-state index in [1.165, 1.54) is 0 Å². The van der Waals surface area contributed by atoms with E-state index in [2.05, 4.69) is 36.1 Å². The third kappa shape index (κ3) is 5.11. The van der Waals surface area contributed by atoms with E-state index in [9.17, 15) is 0 Å². The maximum Gasteiger partial charge on any atom is 0.271 e. The lowest BCUT2D eigenvalue weighted by molar-refractivity contribution is 0.122. The summed E-state index contributed by atoms with van der Waals surface area (Å²) in [5, 5.41) is 19.7. The molecule has 3 heterocycles. The molecule has 1 aliphatic rings. The van der Waals surface area contributed by atoms with Crippen LogP contribution in [0.3, 0.4) is 0 Å². The van der Waals surface area contributed by atoms with Gasteiger partial charge in [-0.2, -0.15) is 10.1 Å². The van der Waals surface area contributed by atoms with E-state index in [-0.39, 0.29) is 6.61 Å². The van der Waals surface area contributed by atoms with Gasteiger partial charge in [0.1, 0.15) is 10.8 Å². The summed E-state index contributed by atoms with van der Waals surface area (Å²) in [5.74, 6) is 2.00. The number of aliphatic hydroxyl groups is 1. The van der Waals surface area contributed by atoms with Crippen molar-refractivity contribution < 1.29 is 9.84 Å². The number of aromatic nitrogens is 3. The van der Waals surface area contributed by atoms with Gasteiger partial charge in [0, 0.05) is 54.2 Å². The van der Waals surface area contributed by atoms with E-state index in [0.717, 1.165) is 52.6 Å². The topological polar surface area (TPSA) is 99.0 Å². The first-order chi connectivity index (χ1) is 14.3.